The van der Waals surface area contributed by atoms with Crippen LogP contribution >= 0.6 is 11.3 Å². The number of aliphatic imine (C=N–C) groups is 1. The third kappa shape index (κ3) is 5.64. The predicted molar refractivity (Wildman–Crippen MR) is 179 cm³/mol. The second-order valence-corrected chi connectivity index (χ2v) is 15.2. The molecule has 1 saturated heterocycles. The molecule has 9 rings (SSSR count). The molecule has 2 N–H and O–H groups in total. The Morgan fingerprint density at radius 2 is 1.94 bits per heavy atom. The first-order valence-electron chi connectivity index (χ1n) is 16.4. The number of hydrogen-bond donors (Lipinski definition) is 2. The summed E-state index contributed by atoms with van der Waals surface area (Å²) in [5, 5.41) is 18.5. The zero-order valence-corrected chi connectivity index (χ0v) is 27.3. The number of carbonyl (C=O) groups excluding carboxylic acids is 1. The number of aryl methyl sites for hydroxylation is 1. The number of nitrogens with one attached hydrogen (secondary N) is 2. The number of rotatable bonds is 9. The van der Waals surface area contributed by atoms with Gasteiger partial charge in [0.2, 0.25) is 5.91 Å². The maximum absolute atomic E-state index is 13.0. The van der Waals surface area contributed by atoms with Crippen molar-refractivity contribution < 1.29 is 18.0 Å². The molecule has 48 heavy (non-hydrogen) atoms. The molecule has 3 aliphatic carbocycles. The van der Waals surface area contributed by atoms with Crippen molar-refractivity contribution in [2.24, 2.45) is 10.4 Å². The summed E-state index contributed by atoms with van der Waals surface area (Å²) >= 11 is 1.06. The lowest BCUT2D eigenvalue weighted by Crippen LogP contribution is -2.75. The fraction of sp³-hybridized carbons (Fsp3) is 0.457. The molecule has 5 aliphatic rings. The number of fused-ring (bicyclic) bond motifs is 2. The van der Waals surface area contributed by atoms with E-state index in [-0.39, 0.29) is 27.8 Å². The quantitative estimate of drug-likeness (QED) is 0.213. The van der Waals surface area contributed by atoms with Crippen LogP contribution in [0.15, 0.2) is 47.4 Å². The largest absolute Gasteiger partial charge is 0.393 e. The first-order valence-corrected chi connectivity index (χ1v) is 17.2. The molecule has 9 nitrogen and oxygen atoms in total. The molecule has 4 fully saturated rings. The Labute approximate surface area is 279 Å². The van der Waals surface area contributed by atoms with Crippen molar-refractivity contribution in [3.05, 3.63) is 64.1 Å². The number of likely N-dealkylation sites (tertiary alicyclic amines) is 1. The minimum Gasteiger partial charge on any atom is -0.367 e. The number of hydrogen-bond acceptors (Lipinski definition) is 8. The Hall–Kier alpha value is -4.28. The summed E-state index contributed by atoms with van der Waals surface area (Å²) in [5.74, 6) is 0.582. The first-order chi connectivity index (χ1) is 23.0. The number of alkyl halides is 3. The van der Waals surface area contributed by atoms with Gasteiger partial charge in [-0.05, 0) is 73.8 Å². The molecule has 0 atom stereocenters. The SMILES string of the molecule is Cc1c(CN2CCC(Nc3ncnc4sc(CC(F)(F)F)cc34)CC2)ccc2c1cc(C#N)n2CC12CC(NC(=O)C3=CN=CC3)(C1)C2. The Bertz CT molecular complexity index is 2030. The van der Waals surface area contributed by atoms with Gasteiger partial charge >= 0.3 is 6.18 Å². The number of benzene rings is 1. The van der Waals surface area contributed by atoms with E-state index in [1.165, 1.54) is 17.5 Å². The van der Waals surface area contributed by atoms with E-state index in [0.717, 1.165) is 86.1 Å². The summed E-state index contributed by atoms with van der Waals surface area (Å²) in [6.45, 7) is 5.47. The molecular weight excluding hydrogens is 638 g/mol. The van der Waals surface area contributed by atoms with Crippen molar-refractivity contribution in [3.8, 4) is 6.07 Å². The first kappa shape index (κ1) is 31.0. The predicted octanol–water partition coefficient (Wildman–Crippen LogP) is 6.40. The lowest BCUT2D eigenvalue weighted by atomic mass is 9.39. The Morgan fingerprint density at radius 3 is 2.65 bits per heavy atom. The van der Waals surface area contributed by atoms with E-state index in [4.69, 9.17) is 0 Å². The number of aromatic nitrogens is 3. The average molecular weight is 673 g/mol. The highest BCUT2D eigenvalue weighted by Crippen LogP contribution is 2.68. The third-order valence-corrected chi connectivity index (χ3v) is 11.7. The number of anilines is 1. The van der Waals surface area contributed by atoms with Crippen LogP contribution in [-0.4, -0.2) is 62.4 Å². The Balaban J connectivity index is 0.895. The molecule has 2 bridgehead atoms. The molecule has 248 valence electrons. The fourth-order valence-electron chi connectivity index (χ4n) is 8.38. The highest BCUT2D eigenvalue weighted by atomic mass is 32.1. The topological polar surface area (TPSA) is 111 Å². The molecule has 0 unspecified atom stereocenters. The van der Waals surface area contributed by atoms with Gasteiger partial charge in [0.05, 0.1) is 11.8 Å². The minimum atomic E-state index is -4.26. The molecule has 5 heterocycles. The molecule has 2 aliphatic heterocycles. The lowest BCUT2D eigenvalue weighted by molar-refractivity contribution is -0.169. The van der Waals surface area contributed by atoms with Crippen LogP contribution in [0, 0.1) is 23.7 Å². The van der Waals surface area contributed by atoms with E-state index in [9.17, 15) is 23.2 Å². The van der Waals surface area contributed by atoms with Crippen molar-refractivity contribution in [3.63, 3.8) is 0 Å². The van der Waals surface area contributed by atoms with Crippen molar-refractivity contribution >= 4 is 50.4 Å². The zero-order valence-electron chi connectivity index (χ0n) is 26.5. The number of carbonyl (C=O) groups is 1. The minimum absolute atomic E-state index is 0.0134. The van der Waals surface area contributed by atoms with Crippen LogP contribution in [0.25, 0.3) is 21.1 Å². The van der Waals surface area contributed by atoms with Gasteiger partial charge in [-0.2, -0.15) is 18.4 Å². The molecule has 0 spiro atoms. The molecule has 0 radical (unpaired) electrons. The van der Waals surface area contributed by atoms with E-state index in [1.54, 1.807) is 18.5 Å². The summed E-state index contributed by atoms with van der Waals surface area (Å²) in [6, 6.07) is 10.5. The van der Waals surface area contributed by atoms with E-state index >= 15 is 0 Å². The smallest absolute Gasteiger partial charge is 0.367 e. The van der Waals surface area contributed by atoms with Gasteiger partial charge in [-0.15, -0.1) is 11.3 Å². The average Bonchev–Trinajstić information content (AvgIpc) is 3.76. The molecule has 3 aromatic heterocycles. The molecule has 4 aromatic rings. The molecular formula is C35H35F3N8OS. The van der Waals surface area contributed by atoms with Gasteiger partial charge in [-0.25, -0.2) is 9.97 Å². The van der Waals surface area contributed by atoms with Gasteiger partial charge in [0, 0.05) is 77.9 Å². The number of amides is 1. The number of thiophene rings is 1. The number of nitriles is 1. The number of nitrogens with zero attached hydrogens (tertiary/aromatic N) is 6. The van der Waals surface area contributed by atoms with Crippen molar-refractivity contribution in [2.75, 3.05) is 18.4 Å². The standard InChI is InChI=1S/C35H35F3N8OS/c1-21-23(15-45-8-5-24(6-9-45)43-30-28-11-26(12-35(36,37)38)48-32(28)42-20-41-30)2-3-29-27(21)10-25(13-39)46(29)19-33-16-34(17-33,18-33)44-31(47)22-4-7-40-14-22/h2-3,7,10-11,14,20,24H,4-6,8-9,12,15-19H2,1H3,(H,44,47)(H,41,42,43). The summed E-state index contributed by atoms with van der Waals surface area (Å²) in [7, 11) is 0. The maximum atomic E-state index is 13.0. The van der Waals surface area contributed by atoms with Crippen molar-refractivity contribution in [1.82, 2.24) is 24.8 Å². The second kappa shape index (κ2) is 11.4. The van der Waals surface area contributed by atoms with Gasteiger partial charge in [0.25, 0.3) is 0 Å². The summed E-state index contributed by atoms with van der Waals surface area (Å²) in [4.78, 5) is 28.4. The zero-order chi connectivity index (χ0) is 33.3. The summed E-state index contributed by atoms with van der Waals surface area (Å²) in [5.41, 5.74) is 4.89. The summed E-state index contributed by atoms with van der Waals surface area (Å²) < 4.78 is 41.0. The highest BCUT2D eigenvalue weighted by molar-refractivity contribution is 7.18. The van der Waals surface area contributed by atoms with Crippen LogP contribution in [0.4, 0.5) is 19.0 Å². The van der Waals surface area contributed by atoms with Gasteiger partial charge < -0.3 is 15.2 Å². The molecule has 1 aromatic carbocycles. The van der Waals surface area contributed by atoms with E-state index in [2.05, 4.69) is 60.2 Å². The lowest BCUT2D eigenvalue weighted by Gasteiger charge is -2.70. The van der Waals surface area contributed by atoms with Crippen LogP contribution in [0.2, 0.25) is 0 Å². The normalized spacial score (nSPS) is 23.9. The monoisotopic (exact) mass is 672 g/mol. The van der Waals surface area contributed by atoms with E-state index in [0.29, 0.717) is 28.1 Å². The van der Waals surface area contributed by atoms with Gasteiger partial charge in [0.15, 0.2) is 0 Å². The van der Waals surface area contributed by atoms with E-state index in [1.807, 2.05) is 6.07 Å². The summed E-state index contributed by atoms with van der Waals surface area (Å²) in [6.07, 6.45) is 4.74. The van der Waals surface area contributed by atoms with Crippen molar-refractivity contribution in [1.29, 1.82) is 5.26 Å². The van der Waals surface area contributed by atoms with Crippen LogP contribution in [0.5, 0.6) is 0 Å². The van der Waals surface area contributed by atoms with Gasteiger partial charge in [0.1, 0.15) is 28.7 Å². The van der Waals surface area contributed by atoms with Crippen molar-refractivity contribution in [2.45, 2.75) is 82.7 Å². The van der Waals surface area contributed by atoms with Crippen LogP contribution in [0.1, 0.15) is 60.2 Å². The second-order valence-electron chi connectivity index (χ2n) is 14.1. The number of halogens is 3. The number of piperidine rings is 1. The maximum Gasteiger partial charge on any atom is 0.393 e. The van der Waals surface area contributed by atoms with Gasteiger partial charge in [-0.3, -0.25) is 14.7 Å². The molecule has 3 saturated carbocycles. The Kier molecular flexibility index (Phi) is 7.37. The van der Waals surface area contributed by atoms with Crippen LogP contribution < -0.4 is 10.6 Å². The van der Waals surface area contributed by atoms with Crippen LogP contribution in [0.3, 0.4) is 0 Å². The van der Waals surface area contributed by atoms with Crippen LogP contribution in [-0.2, 0) is 24.3 Å². The van der Waals surface area contributed by atoms with E-state index < -0.39 is 12.6 Å². The van der Waals surface area contributed by atoms with Gasteiger partial charge in [-0.1, -0.05) is 6.07 Å². The fourth-order valence-corrected chi connectivity index (χ4v) is 9.41. The Morgan fingerprint density at radius 1 is 1.15 bits per heavy atom. The molecule has 1 amide bonds. The highest BCUT2D eigenvalue weighted by Gasteiger charge is 2.68. The third-order valence-electron chi connectivity index (χ3n) is 10.6. The molecule has 13 heteroatoms.